The molecule has 8 heteroatoms. The Hall–Kier alpha value is -1.93. The first-order valence-electron chi connectivity index (χ1n) is 9.82. The van der Waals surface area contributed by atoms with E-state index in [1.165, 1.54) is 21.1 Å². The van der Waals surface area contributed by atoms with Gasteiger partial charge in [-0.2, -0.15) is 0 Å². The van der Waals surface area contributed by atoms with Gasteiger partial charge in [0.05, 0.1) is 31.1 Å². The van der Waals surface area contributed by atoms with E-state index in [-0.39, 0.29) is 23.8 Å². The number of piperazine rings is 1. The normalized spacial score (nSPS) is 29.4. The summed E-state index contributed by atoms with van der Waals surface area (Å²) in [6.45, 7) is 5.25. The highest BCUT2D eigenvalue weighted by Crippen LogP contribution is 2.37. The van der Waals surface area contributed by atoms with Gasteiger partial charge in [-0.3, -0.25) is 9.59 Å². The minimum atomic E-state index is -0.689. The maximum atomic E-state index is 13.1. The van der Waals surface area contributed by atoms with E-state index in [2.05, 4.69) is 12.2 Å². The second-order valence-electron chi connectivity index (χ2n) is 7.96. The molecule has 2 N–H and O–H groups in total. The van der Waals surface area contributed by atoms with Crippen molar-refractivity contribution < 1.29 is 19.3 Å². The molecule has 4 rings (SSSR count). The summed E-state index contributed by atoms with van der Waals surface area (Å²) in [6, 6.07) is 3.49. The van der Waals surface area contributed by atoms with Crippen molar-refractivity contribution in [2.24, 2.45) is 5.92 Å². The molecule has 1 aliphatic carbocycles. The fourth-order valence-corrected chi connectivity index (χ4v) is 5.29. The van der Waals surface area contributed by atoms with E-state index in [0.29, 0.717) is 19.8 Å². The summed E-state index contributed by atoms with van der Waals surface area (Å²) in [5.41, 5.74) is -0.689. The third-order valence-corrected chi connectivity index (χ3v) is 7.23. The molecule has 3 aliphatic rings. The Bertz CT molecular complexity index is 729. The van der Waals surface area contributed by atoms with Crippen LogP contribution in [0.2, 0.25) is 0 Å². The first kappa shape index (κ1) is 18.4. The summed E-state index contributed by atoms with van der Waals surface area (Å²) in [5, 5.41) is 4.93. The average molecular weight is 392 g/mol. The van der Waals surface area contributed by atoms with Crippen LogP contribution in [0, 0.1) is 5.92 Å². The summed E-state index contributed by atoms with van der Waals surface area (Å²) in [5.74, 6) is 0.210. The lowest BCUT2D eigenvalue weighted by atomic mass is 9.73. The number of amides is 4. The number of rotatable bonds is 3. The van der Waals surface area contributed by atoms with Gasteiger partial charge in [0.25, 0.3) is 11.8 Å². The van der Waals surface area contributed by atoms with Crippen LogP contribution in [-0.4, -0.2) is 66.0 Å². The van der Waals surface area contributed by atoms with E-state index in [1.54, 1.807) is 0 Å². The Morgan fingerprint density at radius 2 is 2.11 bits per heavy atom. The van der Waals surface area contributed by atoms with Crippen LogP contribution in [0.5, 0.6) is 0 Å². The quantitative estimate of drug-likeness (QED) is 0.739. The average Bonchev–Trinajstić information content (AvgIpc) is 3.28. The van der Waals surface area contributed by atoms with Crippen LogP contribution in [0.25, 0.3) is 0 Å². The number of nitrogens with zero attached hydrogens (tertiary/aromatic N) is 2. The van der Waals surface area contributed by atoms with E-state index in [0.717, 1.165) is 43.6 Å². The summed E-state index contributed by atoms with van der Waals surface area (Å²) in [4.78, 5) is 43.3. The Balaban J connectivity index is 1.36. The fraction of sp³-hybridized carbons (Fsp3) is 0.632. The molecule has 1 saturated carbocycles. The van der Waals surface area contributed by atoms with Crippen LogP contribution in [-0.2, 0) is 4.79 Å². The smallest absolute Gasteiger partial charge is 0.327 e. The molecule has 1 aromatic heterocycles. The Morgan fingerprint density at radius 3 is 2.78 bits per heavy atom. The minimum absolute atomic E-state index is 0.0516. The molecule has 0 bridgehead atoms. The van der Waals surface area contributed by atoms with Crippen molar-refractivity contribution in [3.63, 3.8) is 0 Å². The highest BCUT2D eigenvalue weighted by Gasteiger charge is 2.55. The number of carbonyl (C=O) groups is 3. The van der Waals surface area contributed by atoms with Gasteiger partial charge in [-0.25, -0.2) is 9.69 Å². The van der Waals surface area contributed by atoms with Crippen molar-refractivity contribution in [2.75, 3.05) is 32.8 Å². The molecule has 0 unspecified atom stereocenters. The van der Waals surface area contributed by atoms with Crippen LogP contribution in [0.1, 0.15) is 42.3 Å². The number of quaternary nitrogens is 1. The monoisotopic (exact) mass is 391 g/mol. The predicted octanol–water partition coefficient (Wildman–Crippen LogP) is 0.547. The number of imide groups is 1. The second kappa shape index (κ2) is 7.24. The van der Waals surface area contributed by atoms with Gasteiger partial charge in [-0.15, -0.1) is 11.3 Å². The van der Waals surface area contributed by atoms with Crippen LogP contribution >= 0.6 is 11.3 Å². The lowest BCUT2D eigenvalue weighted by molar-refractivity contribution is -0.911. The molecule has 1 aromatic rings. The van der Waals surface area contributed by atoms with Crippen molar-refractivity contribution in [2.45, 2.75) is 38.1 Å². The van der Waals surface area contributed by atoms with Crippen molar-refractivity contribution in [3.8, 4) is 0 Å². The molecule has 0 aromatic carbocycles. The van der Waals surface area contributed by atoms with Gasteiger partial charge in [0.2, 0.25) is 0 Å². The van der Waals surface area contributed by atoms with Gasteiger partial charge in [0, 0.05) is 0 Å². The molecule has 1 spiro atoms. The molecule has 2 aliphatic heterocycles. The molecule has 3 fully saturated rings. The summed E-state index contributed by atoms with van der Waals surface area (Å²) < 4.78 is 0. The van der Waals surface area contributed by atoms with E-state index in [4.69, 9.17) is 0 Å². The van der Waals surface area contributed by atoms with Crippen molar-refractivity contribution >= 4 is 29.2 Å². The molecular formula is C19H27N4O3S+. The predicted molar refractivity (Wildman–Crippen MR) is 102 cm³/mol. The topological polar surface area (TPSA) is 74.2 Å². The van der Waals surface area contributed by atoms with Crippen molar-refractivity contribution in [1.82, 2.24) is 15.1 Å². The standard InChI is InChI=1S/C19H26N4O3S/c1-14-5-2-3-7-19(14)17(25)23(18(26)20-19)13-21-8-10-22(11-9-21)16(24)15-6-4-12-27-15/h4,6,12,14H,2-3,5,7-11,13H2,1H3,(H,20,26)/p+1/t14-,19+/m1/s1. The third kappa shape index (κ3) is 3.25. The van der Waals surface area contributed by atoms with Gasteiger partial charge >= 0.3 is 6.03 Å². The zero-order valence-corrected chi connectivity index (χ0v) is 16.5. The number of nitrogens with one attached hydrogen (secondary N) is 2. The molecule has 2 atom stereocenters. The Labute approximate surface area is 163 Å². The number of carbonyl (C=O) groups excluding carboxylic acids is 3. The number of thiophene rings is 1. The Kier molecular flexibility index (Phi) is 4.94. The second-order valence-corrected chi connectivity index (χ2v) is 8.91. The van der Waals surface area contributed by atoms with Gasteiger partial charge in [-0.1, -0.05) is 25.8 Å². The lowest BCUT2D eigenvalue weighted by Crippen LogP contribution is -3.16. The van der Waals surface area contributed by atoms with E-state index in [1.807, 2.05) is 22.4 Å². The molecule has 2 saturated heterocycles. The highest BCUT2D eigenvalue weighted by atomic mass is 32.1. The summed E-state index contributed by atoms with van der Waals surface area (Å²) in [7, 11) is 0. The molecule has 0 radical (unpaired) electrons. The van der Waals surface area contributed by atoms with Crippen LogP contribution in [0.3, 0.4) is 0 Å². The van der Waals surface area contributed by atoms with Crippen molar-refractivity contribution in [1.29, 1.82) is 0 Å². The summed E-state index contributed by atoms with van der Waals surface area (Å²) in [6.07, 6.45) is 3.84. The maximum absolute atomic E-state index is 13.1. The minimum Gasteiger partial charge on any atom is -0.327 e. The third-order valence-electron chi connectivity index (χ3n) is 6.37. The van der Waals surface area contributed by atoms with Gasteiger partial charge in [0.15, 0.2) is 6.67 Å². The van der Waals surface area contributed by atoms with Gasteiger partial charge in [-0.05, 0) is 30.2 Å². The SMILES string of the molecule is C[C@@H]1CCCC[C@]12NC(=O)N(C[NH+]1CCN(C(=O)c3cccs3)CC1)C2=O. The van der Waals surface area contributed by atoms with Crippen molar-refractivity contribution in [3.05, 3.63) is 22.4 Å². The molecular weight excluding hydrogens is 364 g/mol. The van der Waals surface area contributed by atoms with E-state index < -0.39 is 5.54 Å². The first-order chi connectivity index (χ1) is 13.0. The molecule has 146 valence electrons. The summed E-state index contributed by atoms with van der Waals surface area (Å²) >= 11 is 1.46. The zero-order chi connectivity index (χ0) is 19.0. The van der Waals surface area contributed by atoms with Gasteiger partial charge in [0.1, 0.15) is 5.54 Å². The number of hydrogen-bond donors (Lipinski definition) is 2. The molecule has 4 amide bonds. The largest absolute Gasteiger partial charge is 0.329 e. The molecule has 27 heavy (non-hydrogen) atoms. The van der Waals surface area contributed by atoms with Crippen LogP contribution in [0.4, 0.5) is 4.79 Å². The van der Waals surface area contributed by atoms with Gasteiger partial charge < -0.3 is 15.1 Å². The molecule has 3 heterocycles. The Morgan fingerprint density at radius 1 is 1.33 bits per heavy atom. The van der Waals surface area contributed by atoms with E-state index >= 15 is 0 Å². The number of urea groups is 1. The zero-order valence-electron chi connectivity index (χ0n) is 15.7. The van der Waals surface area contributed by atoms with E-state index in [9.17, 15) is 14.4 Å². The number of hydrogen-bond acceptors (Lipinski definition) is 4. The highest BCUT2D eigenvalue weighted by molar-refractivity contribution is 7.12. The van der Waals surface area contributed by atoms with Crippen LogP contribution < -0.4 is 10.2 Å². The lowest BCUT2D eigenvalue weighted by Gasteiger charge is -2.37. The van der Waals surface area contributed by atoms with Crippen LogP contribution in [0.15, 0.2) is 17.5 Å². The first-order valence-corrected chi connectivity index (χ1v) is 10.7. The fourth-order valence-electron chi connectivity index (χ4n) is 4.60. The maximum Gasteiger partial charge on any atom is 0.329 e. The molecule has 7 nitrogen and oxygen atoms in total.